The maximum absolute atomic E-state index is 13.4. The molecule has 0 aliphatic carbocycles. The Morgan fingerprint density at radius 2 is 1.69 bits per heavy atom. The highest BCUT2D eigenvalue weighted by Crippen LogP contribution is 2.24. The summed E-state index contributed by atoms with van der Waals surface area (Å²) in [5.41, 5.74) is 6.96. The minimum Gasteiger partial charge on any atom is -0.332 e. The average molecular weight is 363 g/mol. The Hall–Kier alpha value is -2.38. The number of benzene rings is 2. The van der Waals surface area contributed by atoms with Crippen LogP contribution in [-0.2, 0) is 0 Å². The number of nitrogens with two attached hydrogens (primary N) is 1. The standard InChI is InChI=1S/C19H20F3N3O/c1-24-6-7-25(15(10-23)11-24)19(26)13-4-2-12(3-5-13)14-8-16(20)18(22)17(21)9-14/h2-5,8-9,15H,6-7,10-11,23H2,1H3/t15-/m1/s1. The van der Waals surface area contributed by atoms with Crippen LogP contribution in [0, 0.1) is 17.5 Å². The van der Waals surface area contributed by atoms with E-state index in [0.717, 1.165) is 18.7 Å². The quantitative estimate of drug-likeness (QED) is 0.853. The Kier molecular flexibility index (Phi) is 5.29. The van der Waals surface area contributed by atoms with Crippen LogP contribution in [0.25, 0.3) is 11.1 Å². The molecule has 2 N–H and O–H groups in total. The van der Waals surface area contributed by atoms with Crippen molar-refractivity contribution in [3.05, 3.63) is 59.4 Å². The molecule has 1 atom stereocenters. The Morgan fingerprint density at radius 3 is 2.27 bits per heavy atom. The monoisotopic (exact) mass is 363 g/mol. The minimum atomic E-state index is -1.50. The van der Waals surface area contributed by atoms with Crippen molar-refractivity contribution < 1.29 is 18.0 Å². The second kappa shape index (κ2) is 7.47. The zero-order valence-electron chi connectivity index (χ0n) is 14.4. The first-order valence-corrected chi connectivity index (χ1v) is 8.35. The molecule has 2 aromatic carbocycles. The summed E-state index contributed by atoms with van der Waals surface area (Å²) in [5.74, 6) is -4.12. The summed E-state index contributed by atoms with van der Waals surface area (Å²) in [5, 5.41) is 0. The van der Waals surface area contributed by atoms with Gasteiger partial charge in [-0.2, -0.15) is 0 Å². The Bertz CT molecular complexity index is 787. The number of halogens is 3. The summed E-state index contributed by atoms with van der Waals surface area (Å²) >= 11 is 0. The molecule has 1 aliphatic rings. The van der Waals surface area contributed by atoms with Gasteiger partial charge in [-0.25, -0.2) is 13.2 Å². The maximum Gasteiger partial charge on any atom is 0.254 e. The van der Waals surface area contributed by atoms with Crippen molar-refractivity contribution in [2.75, 3.05) is 33.2 Å². The molecule has 0 bridgehead atoms. The third-order valence-electron chi connectivity index (χ3n) is 4.67. The van der Waals surface area contributed by atoms with Crippen molar-refractivity contribution in [2.24, 2.45) is 5.73 Å². The molecule has 2 aromatic rings. The molecule has 1 amide bonds. The fraction of sp³-hybridized carbons (Fsp3) is 0.316. The van der Waals surface area contributed by atoms with Gasteiger partial charge >= 0.3 is 0 Å². The molecule has 0 radical (unpaired) electrons. The van der Waals surface area contributed by atoms with Gasteiger partial charge < -0.3 is 15.5 Å². The number of nitrogens with zero attached hydrogens (tertiary/aromatic N) is 2. The third kappa shape index (κ3) is 3.59. The highest BCUT2D eigenvalue weighted by Gasteiger charge is 2.28. The first kappa shape index (κ1) is 18.4. The van der Waals surface area contributed by atoms with Crippen molar-refractivity contribution in [1.82, 2.24) is 9.80 Å². The van der Waals surface area contributed by atoms with E-state index in [2.05, 4.69) is 4.90 Å². The molecule has 1 fully saturated rings. The number of rotatable bonds is 3. The summed E-state index contributed by atoms with van der Waals surface area (Å²) in [7, 11) is 1.99. The summed E-state index contributed by atoms with van der Waals surface area (Å²) < 4.78 is 39.9. The average Bonchev–Trinajstić information content (AvgIpc) is 2.65. The molecule has 3 rings (SSSR count). The van der Waals surface area contributed by atoms with Gasteiger partial charge in [0.2, 0.25) is 0 Å². The number of carbonyl (C=O) groups excluding carboxylic acids is 1. The normalized spacial score (nSPS) is 18.2. The first-order chi connectivity index (χ1) is 12.4. The molecule has 4 nitrogen and oxygen atoms in total. The van der Waals surface area contributed by atoms with E-state index in [1.807, 2.05) is 7.05 Å². The van der Waals surface area contributed by atoms with E-state index < -0.39 is 17.5 Å². The van der Waals surface area contributed by atoms with Crippen molar-refractivity contribution in [3.8, 4) is 11.1 Å². The van der Waals surface area contributed by atoms with E-state index in [1.165, 1.54) is 0 Å². The van der Waals surface area contributed by atoms with Gasteiger partial charge in [0.1, 0.15) is 0 Å². The van der Waals surface area contributed by atoms with E-state index in [1.54, 1.807) is 29.2 Å². The van der Waals surface area contributed by atoms with Crippen LogP contribution >= 0.6 is 0 Å². The zero-order chi connectivity index (χ0) is 18.8. The van der Waals surface area contributed by atoms with Gasteiger partial charge in [0.05, 0.1) is 6.04 Å². The van der Waals surface area contributed by atoms with E-state index in [-0.39, 0.29) is 17.5 Å². The first-order valence-electron chi connectivity index (χ1n) is 8.35. The Balaban J connectivity index is 1.82. The van der Waals surface area contributed by atoms with Crippen molar-refractivity contribution in [1.29, 1.82) is 0 Å². The molecule has 0 unspecified atom stereocenters. The van der Waals surface area contributed by atoms with Crippen molar-refractivity contribution >= 4 is 5.91 Å². The molecule has 1 heterocycles. The van der Waals surface area contributed by atoms with Crippen LogP contribution in [0.2, 0.25) is 0 Å². The molecule has 26 heavy (non-hydrogen) atoms. The molecular weight excluding hydrogens is 343 g/mol. The second-order valence-corrected chi connectivity index (χ2v) is 6.48. The van der Waals surface area contributed by atoms with Crippen LogP contribution in [0.4, 0.5) is 13.2 Å². The molecule has 1 aliphatic heterocycles. The van der Waals surface area contributed by atoms with Crippen molar-refractivity contribution in [3.63, 3.8) is 0 Å². The van der Waals surface area contributed by atoms with Crippen LogP contribution < -0.4 is 5.73 Å². The van der Waals surface area contributed by atoms with Crippen LogP contribution in [0.15, 0.2) is 36.4 Å². The van der Waals surface area contributed by atoms with E-state index in [0.29, 0.717) is 30.8 Å². The van der Waals surface area contributed by atoms with Crippen LogP contribution in [-0.4, -0.2) is 55.0 Å². The topological polar surface area (TPSA) is 49.6 Å². The number of amides is 1. The summed E-state index contributed by atoms with van der Waals surface area (Å²) in [6.07, 6.45) is 0. The number of carbonyl (C=O) groups is 1. The molecule has 138 valence electrons. The lowest BCUT2D eigenvalue weighted by atomic mass is 10.0. The van der Waals surface area contributed by atoms with E-state index >= 15 is 0 Å². The van der Waals surface area contributed by atoms with Gasteiger partial charge in [-0.1, -0.05) is 12.1 Å². The third-order valence-corrected chi connectivity index (χ3v) is 4.67. The molecule has 1 saturated heterocycles. The van der Waals surface area contributed by atoms with Gasteiger partial charge in [0, 0.05) is 31.7 Å². The lowest BCUT2D eigenvalue weighted by molar-refractivity contribution is 0.0516. The SMILES string of the molecule is CN1CCN(C(=O)c2ccc(-c3cc(F)c(F)c(F)c3)cc2)[C@H](CN)C1. The van der Waals surface area contributed by atoms with Gasteiger partial charge in [-0.3, -0.25) is 4.79 Å². The van der Waals surface area contributed by atoms with Gasteiger partial charge in [0.25, 0.3) is 5.91 Å². The second-order valence-electron chi connectivity index (χ2n) is 6.48. The fourth-order valence-corrected chi connectivity index (χ4v) is 3.17. The zero-order valence-corrected chi connectivity index (χ0v) is 14.4. The smallest absolute Gasteiger partial charge is 0.254 e. The molecule has 7 heteroatoms. The maximum atomic E-state index is 13.4. The summed E-state index contributed by atoms with van der Waals surface area (Å²) in [6, 6.07) is 8.19. The summed E-state index contributed by atoms with van der Waals surface area (Å²) in [6.45, 7) is 2.46. The molecule has 0 spiro atoms. The molecule has 0 aromatic heterocycles. The Morgan fingerprint density at radius 1 is 1.08 bits per heavy atom. The minimum absolute atomic E-state index is 0.0544. The van der Waals surface area contributed by atoms with Crippen LogP contribution in [0.3, 0.4) is 0 Å². The largest absolute Gasteiger partial charge is 0.332 e. The lowest BCUT2D eigenvalue weighted by Gasteiger charge is -2.39. The molecular formula is C19H20F3N3O. The number of hydrogen-bond donors (Lipinski definition) is 1. The van der Waals surface area contributed by atoms with Crippen LogP contribution in [0.1, 0.15) is 10.4 Å². The van der Waals surface area contributed by atoms with E-state index in [4.69, 9.17) is 5.73 Å². The highest BCUT2D eigenvalue weighted by atomic mass is 19.2. The Labute approximate surface area is 150 Å². The molecule has 0 saturated carbocycles. The number of hydrogen-bond acceptors (Lipinski definition) is 3. The predicted molar refractivity (Wildman–Crippen MR) is 93.1 cm³/mol. The predicted octanol–water partition coefficient (Wildman–Crippen LogP) is 2.49. The highest BCUT2D eigenvalue weighted by molar-refractivity contribution is 5.95. The summed E-state index contributed by atoms with van der Waals surface area (Å²) in [4.78, 5) is 16.6. The fourth-order valence-electron chi connectivity index (χ4n) is 3.17. The van der Waals surface area contributed by atoms with E-state index in [9.17, 15) is 18.0 Å². The van der Waals surface area contributed by atoms with Gasteiger partial charge in [-0.15, -0.1) is 0 Å². The number of likely N-dealkylation sites (N-methyl/N-ethyl adjacent to an activating group) is 1. The van der Waals surface area contributed by atoms with Crippen LogP contribution in [0.5, 0.6) is 0 Å². The van der Waals surface area contributed by atoms with Gasteiger partial charge in [-0.05, 0) is 42.4 Å². The lowest BCUT2D eigenvalue weighted by Crippen LogP contribution is -2.56. The van der Waals surface area contributed by atoms with Gasteiger partial charge in [0.15, 0.2) is 17.5 Å². The van der Waals surface area contributed by atoms with Crippen molar-refractivity contribution in [2.45, 2.75) is 6.04 Å². The number of piperazine rings is 1.